The Labute approximate surface area is 133 Å². The van der Waals surface area contributed by atoms with Crippen LogP contribution in [0, 0.1) is 12.5 Å². The van der Waals surface area contributed by atoms with Crippen LogP contribution in [-0.2, 0) is 29.1 Å². The number of aliphatic hydroxyl groups is 3. The van der Waals surface area contributed by atoms with Gasteiger partial charge in [0, 0.05) is 7.11 Å². The zero-order valence-corrected chi connectivity index (χ0v) is 13.1. The Morgan fingerprint density at radius 1 is 1.22 bits per heavy atom. The van der Waals surface area contributed by atoms with E-state index in [2.05, 4.69) is 0 Å². The van der Waals surface area contributed by atoms with Crippen molar-refractivity contribution < 1.29 is 47.2 Å². The van der Waals surface area contributed by atoms with E-state index in [1.54, 1.807) is 0 Å². The highest BCUT2D eigenvalue weighted by molar-refractivity contribution is 7.85. The van der Waals surface area contributed by atoms with Crippen molar-refractivity contribution in [2.75, 3.05) is 26.1 Å². The Balaban J connectivity index is 2.71. The Morgan fingerprint density at radius 3 is 2.39 bits per heavy atom. The zero-order valence-electron chi connectivity index (χ0n) is 12.3. The fourth-order valence-corrected chi connectivity index (χ4v) is 2.69. The second kappa shape index (κ2) is 8.76. The molecule has 1 fully saturated rings. The number of aliphatic hydroxyl groups excluding tert-OH is 3. The molecule has 1 aliphatic rings. The Bertz CT molecular complexity index is 500. The standard InChI is InChI=1S/C12H20O10S/c1-3-20-7(4-19-2)5-21-12-11(15)10(14)9(13)8(22-12)6-23(16,17)18/h1,7-15H,4-6H2,2H3,(H,16,17,18)/t7?,8?,9-,10?,11?,12-/m0/s1. The van der Waals surface area contributed by atoms with E-state index in [0.717, 1.165) is 0 Å². The van der Waals surface area contributed by atoms with Gasteiger partial charge in [0.1, 0.15) is 36.3 Å². The van der Waals surface area contributed by atoms with Crippen molar-refractivity contribution in [2.45, 2.75) is 36.8 Å². The third kappa shape index (κ3) is 6.21. The number of methoxy groups -OCH3 is 1. The smallest absolute Gasteiger partial charge is 0.267 e. The molecular weight excluding hydrogens is 336 g/mol. The van der Waals surface area contributed by atoms with Crippen LogP contribution in [0.5, 0.6) is 0 Å². The van der Waals surface area contributed by atoms with E-state index in [-0.39, 0.29) is 13.2 Å². The topological polar surface area (TPSA) is 152 Å². The van der Waals surface area contributed by atoms with Crippen molar-refractivity contribution in [1.29, 1.82) is 0 Å². The number of hydrogen-bond donors (Lipinski definition) is 4. The fourth-order valence-electron chi connectivity index (χ4n) is 2.00. The maximum absolute atomic E-state index is 10.9. The minimum Gasteiger partial charge on any atom is -0.439 e. The minimum absolute atomic E-state index is 0.0760. The van der Waals surface area contributed by atoms with Gasteiger partial charge >= 0.3 is 0 Å². The lowest BCUT2D eigenvalue weighted by atomic mass is 10.00. The summed E-state index contributed by atoms with van der Waals surface area (Å²) in [5, 5.41) is 29.2. The first-order valence-electron chi connectivity index (χ1n) is 6.56. The zero-order chi connectivity index (χ0) is 17.6. The third-order valence-electron chi connectivity index (χ3n) is 3.08. The molecule has 4 N–H and O–H groups in total. The average molecular weight is 356 g/mol. The van der Waals surface area contributed by atoms with Crippen molar-refractivity contribution in [3.05, 3.63) is 0 Å². The average Bonchev–Trinajstić information content (AvgIpc) is 2.45. The molecule has 1 heterocycles. The van der Waals surface area contributed by atoms with Crippen LogP contribution < -0.4 is 0 Å². The quantitative estimate of drug-likeness (QED) is 0.267. The summed E-state index contributed by atoms with van der Waals surface area (Å²) < 4.78 is 50.6. The van der Waals surface area contributed by atoms with E-state index in [1.165, 1.54) is 7.11 Å². The van der Waals surface area contributed by atoms with Crippen LogP contribution in [-0.4, -0.2) is 91.2 Å². The third-order valence-corrected chi connectivity index (χ3v) is 3.83. The SMILES string of the molecule is C#COC(COC)CO[C@H]1OC(CS(=O)(=O)O)[C@H](O)C(O)C1O. The van der Waals surface area contributed by atoms with Gasteiger partial charge in [0.15, 0.2) is 12.4 Å². The largest absolute Gasteiger partial charge is 0.439 e. The van der Waals surface area contributed by atoms with Crippen molar-refractivity contribution >= 4 is 10.1 Å². The Kier molecular flexibility index (Phi) is 7.65. The monoisotopic (exact) mass is 356 g/mol. The molecule has 6 atom stereocenters. The summed E-state index contributed by atoms with van der Waals surface area (Å²) in [6.07, 6.45) is -1.78. The lowest BCUT2D eigenvalue weighted by Crippen LogP contribution is -2.60. The van der Waals surface area contributed by atoms with Crippen molar-refractivity contribution in [3.63, 3.8) is 0 Å². The molecule has 0 aromatic carbocycles. The van der Waals surface area contributed by atoms with Crippen LogP contribution in [0.4, 0.5) is 0 Å². The van der Waals surface area contributed by atoms with Crippen molar-refractivity contribution in [2.24, 2.45) is 0 Å². The molecule has 0 radical (unpaired) electrons. The molecule has 0 aromatic rings. The van der Waals surface area contributed by atoms with Gasteiger partial charge in [-0.25, -0.2) is 0 Å². The molecule has 0 aromatic heterocycles. The van der Waals surface area contributed by atoms with Crippen LogP contribution in [0.2, 0.25) is 0 Å². The first-order chi connectivity index (χ1) is 10.7. The summed E-state index contributed by atoms with van der Waals surface area (Å²) in [5.41, 5.74) is 0. The second-order valence-corrected chi connectivity index (χ2v) is 6.41. The second-order valence-electron chi connectivity index (χ2n) is 4.91. The molecule has 1 aliphatic heterocycles. The number of hydrogen-bond acceptors (Lipinski definition) is 9. The number of terminal acetylenes is 1. The molecule has 11 heteroatoms. The van der Waals surface area contributed by atoms with Crippen LogP contribution in [0.3, 0.4) is 0 Å². The van der Waals surface area contributed by atoms with E-state index < -0.39 is 52.7 Å². The van der Waals surface area contributed by atoms with E-state index >= 15 is 0 Å². The van der Waals surface area contributed by atoms with Crippen molar-refractivity contribution in [3.8, 4) is 12.5 Å². The van der Waals surface area contributed by atoms with Gasteiger partial charge in [-0.15, -0.1) is 0 Å². The number of rotatable bonds is 8. The maximum atomic E-state index is 10.9. The van der Waals surface area contributed by atoms with Gasteiger partial charge in [-0.05, 0) is 0 Å². The first-order valence-corrected chi connectivity index (χ1v) is 8.17. The molecule has 10 nitrogen and oxygen atoms in total. The van der Waals surface area contributed by atoms with Crippen LogP contribution in [0.25, 0.3) is 0 Å². The van der Waals surface area contributed by atoms with Gasteiger partial charge in [0.25, 0.3) is 10.1 Å². The van der Waals surface area contributed by atoms with Crippen LogP contribution in [0.1, 0.15) is 0 Å². The lowest BCUT2D eigenvalue weighted by Gasteiger charge is -2.40. The highest BCUT2D eigenvalue weighted by atomic mass is 32.2. The summed E-state index contributed by atoms with van der Waals surface area (Å²) in [6.45, 7) is -0.117. The summed E-state index contributed by atoms with van der Waals surface area (Å²) in [6, 6.07) is 0. The van der Waals surface area contributed by atoms with E-state index in [1.807, 2.05) is 6.11 Å². The molecule has 134 valence electrons. The maximum Gasteiger partial charge on any atom is 0.267 e. The molecule has 23 heavy (non-hydrogen) atoms. The Morgan fingerprint density at radius 2 is 1.87 bits per heavy atom. The summed E-state index contributed by atoms with van der Waals surface area (Å²) in [5.74, 6) is -0.972. The van der Waals surface area contributed by atoms with Gasteiger partial charge in [-0.1, -0.05) is 6.42 Å². The molecule has 1 saturated heterocycles. The predicted octanol–water partition coefficient (Wildman–Crippen LogP) is -2.68. The van der Waals surface area contributed by atoms with E-state index in [9.17, 15) is 23.7 Å². The van der Waals surface area contributed by atoms with Gasteiger partial charge < -0.3 is 34.3 Å². The highest BCUT2D eigenvalue weighted by Crippen LogP contribution is 2.23. The summed E-state index contributed by atoms with van der Waals surface area (Å²) in [4.78, 5) is 0. The molecule has 1 rings (SSSR count). The van der Waals surface area contributed by atoms with Gasteiger partial charge in [0.2, 0.25) is 0 Å². The predicted molar refractivity (Wildman–Crippen MR) is 74.6 cm³/mol. The van der Waals surface area contributed by atoms with E-state index in [0.29, 0.717) is 0 Å². The van der Waals surface area contributed by atoms with Gasteiger partial charge in [-0.3, -0.25) is 4.55 Å². The molecule has 0 saturated carbocycles. The normalized spacial score (nSPS) is 33.0. The van der Waals surface area contributed by atoms with Crippen LogP contribution in [0.15, 0.2) is 0 Å². The summed E-state index contributed by atoms with van der Waals surface area (Å²) >= 11 is 0. The lowest BCUT2D eigenvalue weighted by molar-refractivity contribution is -0.296. The molecule has 0 aliphatic carbocycles. The van der Waals surface area contributed by atoms with Gasteiger partial charge in [-0.2, -0.15) is 8.42 Å². The highest BCUT2D eigenvalue weighted by Gasteiger charge is 2.45. The molecule has 4 unspecified atom stereocenters. The Hall–Kier alpha value is -0.970. The molecule has 0 bridgehead atoms. The minimum atomic E-state index is -4.47. The summed E-state index contributed by atoms with van der Waals surface area (Å²) in [7, 11) is -3.07. The number of ether oxygens (including phenoxy) is 4. The van der Waals surface area contributed by atoms with Gasteiger partial charge in [0.05, 0.1) is 13.2 Å². The van der Waals surface area contributed by atoms with E-state index in [4.69, 9.17) is 29.9 Å². The fraction of sp³-hybridized carbons (Fsp3) is 0.833. The van der Waals surface area contributed by atoms with Crippen LogP contribution >= 0.6 is 0 Å². The molecule has 0 spiro atoms. The first kappa shape index (κ1) is 20.1. The van der Waals surface area contributed by atoms with Crippen molar-refractivity contribution in [1.82, 2.24) is 0 Å². The molecular formula is C12H20O10S. The molecule has 0 amide bonds.